The molecule has 0 spiro atoms. The lowest BCUT2D eigenvalue weighted by molar-refractivity contribution is -0.126. The fourth-order valence-electron chi connectivity index (χ4n) is 3.22. The first-order chi connectivity index (χ1) is 12.3. The molecule has 0 atom stereocenters. The zero-order valence-electron chi connectivity index (χ0n) is 15.0. The van der Waals surface area contributed by atoms with E-state index in [-0.39, 0.29) is 19.0 Å². The quantitative estimate of drug-likeness (QED) is 0.790. The van der Waals surface area contributed by atoms with Crippen molar-refractivity contribution in [1.82, 2.24) is 19.4 Å². The first-order valence-electron chi connectivity index (χ1n) is 8.33. The summed E-state index contributed by atoms with van der Waals surface area (Å²) in [5, 5.41) is 12.0. The summed E-state index contributed by atoms with van der Waals surface area (Å²) >= 11 is 1.23. The maximum atomic E-state index is 12.9. The molecule has 1 aliphatic heterocycles. The van der Waals surface area contributed by atoms with Crippen LogP contribution in [-0.2, 0) is 21.9 Å². The first kappa shape index (κ1) is 18.9. The number of aryl methyl sites for hydroxylation is 2. The van der Waals surface area contributed by atoms with Crippen molar-refractivity contribution in [3.63, 3.8) is 0 Å². The normalized spacial score (nSPS) is 17.8. The van der Waals surface area contributed by atoms with E-state index in [2.05, 4.69) is 15.7 Å². The molecular weight excluding hydrogens is 374 g/mol. The standard InChI is InChI=1S/C16H23N5O3S2/c1-12-5-11-25-14(12)26(23,24)21-9-6-16(7-10-21,15(22)17-2)18-13-4-8-20(3)19-13/h4-5,8,11H,6-7,9-10H2,1-3H3,(H,17,22)(H,18,19). The zero-order valence-corrected chi connectivity index (χ0v) is 16.7. The molecule has 26 heavy (non-hydrogen) atoms. The topological polar surface area (TPSA) is 96.3 Å². The van der Waals surface area contributed by atoms with Gasteiger partial charge < -0.3 is 10.6 Å². The molecule has 0 bridgehead atoms. The van der Waals surface area contributed by atoms with Crippen molar-refractivity contribution < 1.29 is 13.2 Å². The Morgan fingerprint density at radius 3 is 2.50 bits per heavy atom. The lowest BCUT2D eigenvalue weighted by Gasteiger charge is -2.40. The minimum absolute atomic E-state index is 0.160. The largest absolute Gasteiger partial charge is 0.357 e. The Morgan fingerprint density at radius 1 is 1.31 bits per heavy atom. The van der Waals surface area contributed by atoms with Gasteiger partial charge in [-0.25, -0.2) is 8.42 Å². The Kier molecular flexibility index (Phi) is 5.09. The number of aromatic nitrogens is 2. The molecule has 1 amide bonds. The summed E-state index contributed by atoms with van der Waals surface area (Å²) in [6, 6.07) is 3.60. The number of piperidine rings is 1. The molecule has 0 saturated carbocycles. The van der Waals surface area contributed by atoms with E-state index < -0.39 is 15.6 Å². The van der Waals surface area contributed by atoms with Crippen LogP contribution in [0.1, 0.15) is 18.4 Å². The van der Waals surface area contributed by atoms with Crippen LogP contribution >= 0.6 is 11.3 Å². The molecule has 3 heterocycles. The van der Waals surface area contributed by atoms with Crippen molar-refractivity contribution in [3.8, 4) is 0 Å². The molecule has 8 nitrogen and oxygen atoms in total. The van der Waals surface area contributed by atoms with Crippen LogP contribution in [0.15, 0.2) is 27.9 Å². The Labute approximate surface area is 157 Å². The van der Waals surface area contributed by atoms with Gasteiger partial charge in [0.25, 0.3) is 10.0 Å². The number of anilines is 1. The first-order valence-corrected chi connectivity index (χ1v) is 10.6. The van der Waals surface area contributed by atoms with E-state index in [1.165, 1.54) is 15.6 Å². The molecule has 2 N–H and O–H groups in total. The highest BCUT2D eigenvalue weighted by molar-refractivity contribution is 7.91. The monoisotopic (exact) mass is 397 g/mol. The lowest BCUT2D eigenvalue weighted by atomic mass is 9.87. The van der Waals surface area contributed by atoms with E-state index in [9.17, 15) is 13.2 Å². The maximum Gasteiger partial charge on any atom is 0.252 e. The molecule has 1 saturated heterocycles. The Hall–Kier alpha value is -1.91. The van der Waals surface area contributed by atoms with E-state index in [4.69, 9.17) is 0 Å². The number of carbonyl (C=O) groups is 1. The second kappa shape index (κ2) is 7.01. The van der Waals surface area contributed by atoms with Crippen molar-refractivity contribution in [1.29, 1.82) is 0 Å². The summed E-state index contributed by atoms with van der Waals surface area (Å²) < 4.78 is 29.3. The van der Waals surface area contributed by atoms with Crippen molar-refractivity contribution in [3.05, 3.63) is 29.3 Å². The van der Waals surface area contributed by atoms with Gasteiger partial charge in [0.15, 0.2) is 0 Å². The molecule has 2 aromatic rings. The average Bonchev–Trinajstić information content (AvgIpc) is 3.23. The molecule has 0 aromatic carbocycles. The summed E-state index contributed by atoms with van der Waals surface area (Å²) in [7, 11) is -0.141. The number of sulfonamides is 1. The number of carbonyl (C=O) groups excluding carboxylic acids is 1. The lowest BCUT2D eigenvalue weighted by Crippen LogP contribution is -2.58. The number of likely N-dealkylation sites (N-methyl/N-ethyl adjacent to an activating group) is 1. The number of nitrogens with zero attached hydrogens (tertiary/aromatic N) is 3. The maximum absolute atomic E-state index is 12.9. The molecule has 2 aromatic heterocycles. The van der Waals surface area contributed by atoms with Crippen LogP contribution in [0.3, 0.4) is 0 Å². The summed E-state index contributed by atoms with van der Waals surface area (Å²) in [5.41, 5.74) is -0.121. The van der Waals surface area contributed by atoms with Gasteiger partial charge in [0, 0.05) is 39.4 Å². The van der Waals surface area contributed by atoms with Crippen molar-refractivity contribution in [2.24, 2.45) is 7.05 Å². The molecule has 10 heteroatoms. The third-order valence-electron chi connectivity index (χ3n) is 4.71. The van der Waals surface area contributed by atoms with Gasteiger partial charge in [-0.3, -0.25) is 9.48 Å². The van der Waals surface area contributed by atoms with Gasteiger partial charge in [0.2, 0.25) is 5.91 Å². The molecule has 0 aliphatic carbocycles. The van der Waals surface area contributed by atoms with Crippen molar-refractivity contribution in [2.45, 2.75) is 29.5 Å². The fraction of sp³-hybridized carbons (Fsp3) is 0.500. The minimum Gasteiger partial charge on any atom is -0.357 e. The number of hydrogen-bond acceptors (Lipinski definition) is 6. The summed E-state index contributed by atoms with van der Waals surface area (Å²) in [6.45, 7) is 2.34. The van der Waals surface area contributed by atoms with Crippen LogP contribution in [0, 0.1) is 6.92 Å². The molecule has 142 valence electrons. The highest BCUT2D eigenvalue weighted by atomic mass is 32.2. The van der Waals surface area contributed by atoms with Gasteiger partial charge in [-0.1, -0.05) is 0 Å². The molecule has 3 rings (SSSR count). The van der Waals surface area contributed by atoms with E-state index >= 15 is 0 Å². The van der Waals surface area contributed by atoms with Gasteiger partial charge in [-0.15, -0.1) is 11.3 Å². The summed E-state index contributed by atoms with van der Waals surface area (Å²) in [5.74, 6) is 0.439. The predicted molar refractivity (Wildman–Crippen MR) is 101 cm³/mol. The van der Waals surface area contributed by atoms with E-state index in [1.54, 1.807) is 49.4 Å². The molecular formula is C16H23N5O3S2. The smallest absolute Gasteiger partial charge is 0.252 e. The third-order valence-corrected chi connectivity index (χ3v) is 8.27. The second-order valence-electron chi connectivity index (χ2n) is 6.46. The SMILES string of the molecule is CNC(=O)C1(Nc2ccn(C)n2)CCN(S(=O)(=O)c2sccc2C)CC1. The average molecular weight is 398 g/mol. The Balaban J connectivity index is 1.81. The van der Waals surface area contributed by atoms with Gasteiger partial charge in [0.05, 0.1) is 0 Å². The van der Waals surface area contributed by atoms with E-state index in [0.29, 0.717) is 22.9 Å². The zero-order chi connectivity index (χ0) is 18.9. The fourth-order valence-corrected chi connectivity index (χ4v) is 6.22. The molecule has 0 radical (unpaired) electrons. The van der Waals surface area contributed by atoms with Crippen LogP contribution in [0.2, 0.25) is 0 Å². The van der Waals surface area contributed by atoms with E-state index in [1.807, 2.05) is 0 Å². The van der Waals surface area contributed by atoms with Gasteiger partial charge in [-0.05, 0) is 36.8 Å². The second-order valence-corrected chi connectivity index (χ2v) is 9.51. The summed E-state index contributed by atoms with van der Waals surface area (Å²) in [6.07, 6.45) is 2.53. The van der Waals surface area contributed by atoms with Gasteiger partial charge >= 0.3 is 0 Å². The van der Waals surface area contributed by atoms with Crippen LogP contribution in [0.25, 0.3) is 0 Å². The van der Waals surface area contributed by atoms with Gasteiger partial charge in [0.1, 0.15) is 15.6 Å². The number of hydrogen-bond donors (Lipinski definition) is 2. The minimum atomic E-state index is -3.53. The highest BCUT2D eigenvalue weighted by Gasteiger charge is 2.44. The van der Waals surface area contributed by atoms with Crippen molar-refractivity contribution in [2.75, 3.05) is 25.5 Å². The predicted octanol–water partition coefficient (Wildman–Crippen LogP) is 1.17. The Morgan fingerprint density at radius 2 is 2.00 bits per heavy atom. The van der Waals surface area contributed by atoms with Crippen molar-refractivity contribution >= 4 is 33.1 Å². The van der Waals surface area contributed by atoms with Crippen LogP contribution in [0.5, 0.6) is 0 Å². The van der Waals surface area contributed by atoms with Gasteiger partial charge in [-0.2, -0.15) is 9.40 Å². The number of rotatable bonds is 5. The van der Waals surface area contributed by atoms with Crippen LogP contribution in [-0.4, -0.2) is 54.1 Å². The van der Waals surface area contributed by atoms with Crippen LogP contribution < -0.4 is 10.6 Å². The Bertz CT molecular complexity index is 895. The summed E-state index contributed by atoms with van der Waals surface area (Å²) in [4.78, 5) is 12.6. The number of thiophene rings is 1. The van der Waals surface area contributed by atoms with E-state index in [0.717, 1.165) is 5.56 Å². The third kappa shape index (κ3) is 3.36. The molecule has 1 fully saturated rings. The number of amides is 1. The highest BCUT2D eigenvalue weighted by Crippen LogP contribution is 2.32. The molecule has 1 aliphatic rings. The molecule has 0 unspecified atom stereocenters. The number of nitrogens with one attached hydrogen (secondary N) is 2. The van der Waals surface area contributed by atoms with Crippen LogP contribution in [0.4, 0.5) is 5.82 Å².